The van der Waals surface area contributed by atoms with Gasteiger partial charge in [0, 0.05) is 61.4 Å². The monoisotopic (exact) mass is 529 g/mol. The summed E-state index contributed by atoms with van der Waals surface area (Å²) < 4.78 is 10.2. The molecule has 2 aliphatic heterocycles. The number of methoxy groups -OCH3 is 1. The van der Waals surface area contributed by atoms with E-state index in [2.05, 4.69) is 27.5 Å². The number of fused-ring (bicyclic) bond motifs is 1. The summed E-state index contributed by atoms with van der Waals surface area (Å²) >= 11 is 0. The lowest BCUT2D eigenvalue weighted by molar-refractivity contribution is -0.119. The Morgan fingerprint density at radius 1 is 1.05 bits per heavy atom. The third-order valence-corrected chi connectivity index (χ3v) is 7.10. The van der Waals surface area contributed by atoms with Crippen LogP contribution in [0.5, 0.6) is 0 Å². The van der Waals surface area contributed by atoms with E-state index in [4.69, 9.17) is 9.15 Å². The molecular formula is C29H31N5O5. The zero-order valence-electron chi connectivity index (χ0n) is 22.2. The summed E-state index contributed by atoms with van der Waals surface area (Å²) in [5.74, 6) is -0.764. The van der Waals surface area contributed by atoms with Crippen LogP contribution < -0.4 is 15.5 Å². The molecule has 1 fully saturated rings. The van der Waals surface area contributed by atoms with E-state index in [1.54, 1.807) is 42.5 Å². The lowest BCUT2D eigenvalue weighted by atomic mass is 9.99. The molecule has 2 N–H and O–H groups in total. The summed E-state index contributed by atoms with van der Waals surface area (Å²) in [4.78, 5) is 44.2. The van der Waals surface area contributed by atoms with Gasteiger partial charge in [-0.2, -0.15) is 0 Å². The predicted octanol–water partition coefficient (Wildman–Crippen LogP) is 3.21. The van der Waals surface area contributed by atoms with Gasteiger partial charge < -0.3 is 29.6 Å². The fourth-order valence-electron chi connectivity index (χ4n) is 4.71. The van der Waals surface area contributed by atoms with Crippen molar-refractivity contribution in [2.75, 3.05) is 69.5 Å². The van der Waals surface area contributed by atoms with Crippen molar-refractivity contribution in [3.05, 3.63) is 77.7 Å². The largest absolute Gasteiger partial charge is 0.472 e. The average Bonchev–Trinajstić information content (AvgIpc) is 3.60. The molecule has 2 amide bonds. The average molecular weight is 530 g/mol. The lowest BCUT2D eigenvalue weighted by Gasteiger charge is -2.32. The zero-order valence-corrected chi connectivity index (χ0v) is 22.2. The molecule has 10 nitrogen and oxygen atoms in total. The van der Waals surface area contributed by atoms with Crippen LogP contribution in [0.25, 0.3) is 11.3 Å². The summed E-state index contributed by atoms with van der Waals surface area (Å²) in [6, 6.07) is 14.1. The molecule has 5 rings (SSSR count). The summed E-state index contributed by atoms with van der Waals surface area (Å²) in [7, 11) is 5.18. The molecule has 0 aliphatic carbocycles. The molecule has 2 aromatic carbocycles. The van der Waals surface area contributed by atoms with Crippen molar-refractivity contribution in [3.8, 4) is 0 Å². The maximum absolute atomic E-state index is 13.1. The number of benzene rings is 2. The molecule has 0 spiro atoms. The van der Waals surface area contributed by atoms with Crippen LogP contribution in [0.4, 0.5) is 17.1 Å². The highest BCUT2D eigenvalue weighted by molar-refractivity contribution is 6.37. The van der Waals surface area contributed by atoms with Crippen molar-refractivity contribution in [1.82, 2.24) is 9.80 Å². The number of furan rings is 1. The third-order valence-electron chi connectivity index (χ3n) is 7.10. The van der Waals surface area contributed by atoms with Gasteiger partial charge in [0.2, 0.25) is 5.91 Å². The highest BCUT2D eigenvalue weighted by Gasteiger charge is 2.30. The van der Waals surface area contributed by atoms with E-state index in [1.165, 1.54) is 13.4 Å². The van der Waals surface area contributed by atoms with Crippen LogP contribution in [0.3, 0.4) is 0 Å². The summed E-state index contributed by atoms with van der Waals surface area (Å²) in [5, 5.41) is 6.21. The first-order chi connectivity index (χ1) is 18.8. The van der Waals surface area contributed by atoms with Gasteiger partial charge in [-0.25, -0.2) is 4.79 Å². The number of anilines is 3. The van der Waals surface area contributed by atoms with Crippen LogP contribution in [0, 0.1) is 0 Å². The highest BCUT2D eigenvalue weighted by Crippen LogP contribution is 2.38. The van der Waals surface area contributed by atoms with Gasteiger partial charge in [0.1, 0.15) is 0 Å². The molecule has 10 heteroatoms. The number of hydrogen-bond acceptors (Lipinski definition) is 8. The van der Waals surface area contributed by atoms with Crippen molar-refractivity contribution >= 4 is 46.1 Å². The number of likely N-dealkylation sites (N-methyl/N-ethyl adjacent to an activating group) is 2. The molecule has 0 saturated carbocycles. The Balaban J connectivity index is 1.39. The van der Waals surface area contributed by atoms with Crippen LogP contribution >= 0.6 is 0 Å². The van der Waals surface area contributed by atoms with Gasteiger partial charge in [0.15, 0.2) is 0 Å². The minimum absolute atomic E-state index is 0.0297. The standard InChI is InChI=1S/C29H31N5O5/c1-32-11-13-34(14-12-32)17-25(35)33(2)22-7-5-21(6-8-22)30-27(20-10-15-39-18-20)26-23-16-19(29(37)38-3)4-9-24(23)31-28(26)36/h4-10,15-16,18,30H,11-14,17H2,1-3H3,(H,31,36)/b27-26-. The van der Waals surface area contributed by atoms with Crippen LogP contribution in [0.15, 0.2) is 65.5 Å². The van der Waals surface area contributed by atoms with Crippen LogP contribution in [0.2, 0.25) is 0 Å². The Labute approximate surface area is 226 Å². The van der Waals surface area contributed by atoms with Gasteiger partial charge >= 0.3 is 5.97 Å². The Morgan fingerprint density at radius 2 is 1.79 bits per heavy atom. The number of nitrogens with zero attached hydrogens (tertiary/aromatic N) is 3. The Bertz CT molecular complexity index is 1410. The SMILES string of the molecule is COC(=O)c1ccc2c(c1)/C(=C(/Nc1ccc(N(C)C(=O)CN3CCN(C)CC3)cc1)c1ccoc1)C(=O)N2. The normalized spacial score (nSPS) is 16.8. The van der Waals surface area contributed by atoms with Gasteiger partial charge in [0.25, 0.3) is 5.91 Å². The fraction of sp³-hybridized carbons (Fsp3) is 0.276. The summed E-state index contributed by atoms with van der Waals surface area (Å²) in [6.45, 7) is 4.05. The van der Waals surface area contributed by atoms with Crippen LogP contribution in [-0.2, 0) is 14.3 Å². The topological polar surface area (TPSA) is 107 Å². The summed E-state index contributed by atoms with van der Waals surface area (Å²) in [6.07, 6.45) is 3.07. The van der Waals surface area contributed by atoms with E-state index in [-0.39, 0.29) is 11.8 Å². The summed E-state index contributed by atoms with van der Waals surface area (Å²) in [5.41, 5.74) is 4.57. The van der Waals surface area contributed by atoms with Gasteiger partial charge in [-0.1, -0.05) is 0 Å². The van der Waals surface area contributed by atoms with Gasteiger partial charge in [-0.15, -0.1) is 0 Å². The number of ether oxygens (including phenoxy) is 1. The Morgan fingerprint density at radius 3 is 2.46 bits per heavy atom. The Kier molecular flexibility index (Phi) is 7.49. The van der Waals surface area contributed by atoms with Crippen molar-refractivity contribution in [2.24, 2.45) is 0 Å². The van der Waals surface area contributed by atoms with E-state index in [9.17, 15) is 14.4 Å². The third kappa shape index (κ3) is 5.57. The van der Waals surface area contributed by atoms with Gasteiger partial charge in [0.05, 0.1) is 43.0 Å². The number of esters is 1. The molecule has 0 atom stereocenters. The van der Waals surface area contributed by atoms with Gasteiger partial charge in [-0.05, 0) is 55.6 Å². The van der Waals surface area contributed by atoms with Crippen molar-refractivity contribution < 1.29 is 23.5 Å². The number of nitrogens with one attached hydrogen (secondary N) is 2. The first kappa shape index (κ1) is 26.2. The number of carbonyl (C=O) groups is 3. The Hall–Kier alpha value is -4.41. The molecule has 39 heavy (non-hydrogen) atoms. The number of amides is 2. The molecule has 0 unspecified atom stereocenters. The van der Waals surface area contributed by atoms with E-state index in [0.717, 1.165) is 31.9 Å². The predicted molar refractivity (Wildman–Crippen MR) is 149 cm³/mol. The van der Waals surface area contributed by atoms with E-state index < -0.39 is 5.97 Å². The van der Waals surface area contributed by atoms with E-state index in [1.807, 2.05) is 24.3 Å². The number of piperazine rings is 1. The molecule has 3 heterocycles. The van der Waals surface area contributed by atoms with Crippen LogP contribution in [0.1, 0.15) is 21.5 Å². The molecule has 3 aromatic rings. The second-order valence-electron chi connectivity index (χ2n) is 9.67. The molecule has 0 bridgehead atoms. The van der Waals surface area contributed by atoms with Crippen molar-refractivity contribution in [3.63, 3.8) is 0 Å². The molecular weight excluding hydrogens is 498 g/mol. The quantitative estimate of drug-likeness (QED) is 0.355. The lowest BCUT2D eigenvalue weighted by Crippen LogP contribution is -2.48. The number of carbonyl (C=O) groups excluding carboxylic acids is 3. The fourth-order valence-corrected chi connectivity index (χ4v) is 4.71. The maximum Gasteiger partial charge on any atom is 0.337 e. The van der Waals surface area contributed by atoms with E-state index >= 15 is 0 Å². The van der Waals surface area contributed by atoms with Crippen LogP contribution in [-0.4, -0.2) is 81.5 Å². The molecule has 2 aliphatic rings. The number of rotatable bonds is 7. The molecule has 1 aromatic heterocycles. The second-order valence-corrected chi connectivity index (χ2v) is 9.67. The maximum atomic E-state index is 13.1. The minimum atomic E-state index is -0.490. The first-order valence-corrected chi connectivity index (χ1v) is 12.7. The minimum Gasteiger partial charge on any atom is -0.472 e. The highest BCUT2D eigenvalue weighted by atomic mass is 16.5. The second kappa shape index (κ2) is 11.1. The molecule has 202 valence electrons. The van der Waals surface area contributed by atoms with Crippen molar-refractivity contribution in [1.29, 1.82) is 0 Å². The van der Waals surface area contributed by atoms with Crippen molar-refractivity contribution in [2.45, 2.75) is 0 Å². The van der Waals surface area contributed by atoms with E-state index in [0.29, 0.717) is 45.9 Å². The molecule has 0 radical (unpaired) electrons. The first-order valence-electron chi connectivity index (χ1n) is 12.7. The smallest absolute Gasteiger partial charge is 0.337 e. The number of hydrogen-bond donors (Lipinski definition) is 2. The van der Waals surface area contributed by atoms with Gasteiger partial charge in [-0.3, -0.25) is 14.5 Å². The molecule has 1 saturated heterocycles. The zero-order chi connectivity index (χ0) is 27.5.